The molecule has 4 rings (SSSR count). The molecule has 1 unspecified atom stereocenters. The molecule has 38 heavy (non-hydrogen) atoms. The van der Waals surface area contributed by atoms with Crippen molar-refractivity contribution < 1.29 is 32.5 Å². The number of esters is 1. The lowest BCUT2D eigenvalue weighted by Crippen LogP contribution is -2.25. The van der Waals surface area contributed by atoms with Crippen LogP contribution in [-0.2, 0) is 4.74 Å². The fraction of sp³-hybridized carbons (Fsp3) is 0.516. The molecule has 0 spiro atoms. The molecule has 4 nitrogen and oxygen atoms in total. The number of ether oxygens (including phenoxy) is 2. The Bertz CT molecular complexity index is 1120. The summed E-state index contributed by atoms with van der Waals surface area (Å²) in [6, 6.07) is 7.70. The lowest BCUT2D eigenvalue weighted by atomic mass is 9.76. The third kappa shape index (κ3) is 6.60. The van der Waals surface area contributed by atoms with Crippen LogP contribution in [-0.4, -0.2) is 29.9 Å². The van der Waals surface area contributed by atoms with E-state index in [9.17, 15) is 23.1 Å². The number of carbonyl (C=O) groups is 1. The van der Waals surface area contributed by atoms with Gasteiger partial charge in [0.1, 0.15) is 17.7 Å². The van der Waals surface area contributed by atoms with Gasteiger partial charge in [-0.2, -0.15) is 0 Å². The van der Waals surface area contributed by atoms with Crippen LogP contribution in [0.1, 0.15) is 98.0 Å². The van der Waals surface area contributed by atoms with Crippen LogP contribution in [0.2, 0.25) is 0 Å². The second-order valence-corrected chi connectivity index (χ2v) is 10.7. The lowest BCUT2D eigenvalue weighted by Gasteiger charge is -2.31. The first kappa shape index (κ1) is 28.2. The maximum Gasteiger partial charge on any atom is 0.341 e. The van der Waals surface area contributed by atoms with Gasteiger partial charge in [-0.05, 0) is 106 Å². The van der Waals surface area contributed by atoms with Crippen LogP contribution in [0.4, 0.5) is 13.2 Å². The number of rotatable bonds is 9. The maximum atomic E-state index is 15.0. The highest BCUT2D eigenvalue weighted by Gasteiger charge is 2.31. The summed E-state index contributed by atoms with van der Waals surface area (Å²) in [5.74, 6) is -2.84. The molecule has 0 aliphatic heterocycles. The molecule has 2 aromatic carbocycles. The Balaban J connectivity index is 1.32. The summed E-state index contributed by atoms with van der Waals surface area (Å²) in [5, 5.41) is 9.78. The second kappa shape index (κ2) is 12.8. The zero-order chi connectivity index (χ0) is 27.2. The molecular weight excluding hydrogens is 493 g/mol. The van der Waals surface area contributed by atoms with E-state index in [4.69, 9.17) is 9.47 Å². The van der Waals surface area contributed by atoms with Gasteiger partial charge in [-0.25, -0.2) is 18.0 Å². The monoisotopic (exact) mass is 530 g/mol. The highest BCUT2D eigenvalue weighted by Crippen LogP contribution is 2.39. The summed E-state index contributed by atoms with van der Waals surface area (Å²) in [6.45, 7) is 5.84. The Morgan fingerprint density at radius 2 is 1.61 bits per heavy atom. The third-order valence-corrected chi connectivity index (χ3v) is 8.18. The van der Waals surface area contributed by atoms with Crippen LogP contribution < -0.4 is 4.74 Å². The summed E-state index contributed by atoms with van der Waals surface area (Å²) in [4.78, 5) is 12.7. The Morgan fingerprint density at radius 1 is 0.974 bits per heavy atom. The first-order valence-corrected chi connectivity index (χ1v) is 13.7. The van der Waals surface area contributed by atoms with Gasteiger partial charge < -0.3 is 14.6 Å². The number of aliphatic hydroxyl groups is 1. The minimum Gasteiger partial charge on any atom is -0.493 e. The molecular formula is C31H37F3O4. The molecule has 2 saturated carbocycles. The van der Waals surface area contributed by atoms with Gasteiger partial charge in [0.25, 0.3) is 0 Å². The molecule has 0 radical (unpaired) electrons. The van der Waals surface area contributed by atoms with Crippen molar-refractivity contribution in [3.63, 3.8) is 0 Å². The summed E-state index contributed by atoms with van der Waals surface area (Å²) >= 11 is 0. The Kier molecular flexibility index (Phi) is 9.53. The van der Waals surface area contributed by atoms with E-state index in [-0.39, 0.29) is 29.1 Å². The van der Waals surface area contributed by atoms with E-state index in [0.29, 0.717) is 62.9 Å². The normalized spacial score (nSPS) is 24.4. The molecule has 2 aliphatic rings. The van der Waals surface area contributed by atoms with E-state index in [1.807, 2.05) is 0 Å². The summed E-state index contributed by atoms with van der Waals surface area (Å²) in [7, 11) is 0. The van der Waals surface area contributed by atoms with Gasteiger partial charge in [0, 0.05) is 6.07 Å². The Morgan fingerprint density at radius 3 is 2.24 bits per heavy atom. The quantitative estimate of drug-likeness (QED) is 0.206. The SMILES string of the molecule is C=CCCOc1ccc(C2CCC(OC(=O)c3ccc(C4CCC(C(C)O)CC4)c(F)c3F)CC2)c(F)c1. The summed E-state index contributed by atoms with van der Waals surface area (Å²) < 4.78 is 55.6. The lowest BCUT2D eigenvalue weighted by molar-refractivity contribution is 0.0188. The van der Waals surface area contributed by atoms with Crippen LogP contribution >= 0.6 is 0 Å². The van der Waals surface area contributed by atoms with E-state index in [0.717, 1.165) is 12.8 Å². The van der Waals surface area contributed by atoms with Crippen LogP contribution in [0.15, 0.2) is 43.0 Å². The van der Waals surface area contributed by atoms with E-state index in [2.05, 4.69) is 6.58 Å². The van der Waals surface area contributed by atoms with Crippen molar-refractivity contribution in [3.05, 3.63) is 77.1 Å². The van der Waals surface area contributed by atoms with Gasteiger partial charge in [-0.1, -0.05) is 18.2 Å². The van der Waals surface area contributed by atoms with Gasteiger partial charge in [0.05, 0.1) is 18.3 Å². The van der Waals surface area contributed by atoms with E-state index >= 15 is 0 Å². The fourth-order valence-corrected chi connectivity index (χ4v) is 5.85. The third-order valence-electron chi connectivity index (χ3n) is 8.18. The smallest absolute Gasteiger partial charge is 0.341 e. The number of benzene rings is 2. The summed E-state index contributed by atoms with van der Waals surface area (Å²) in [6.07, 6.45) is 6.71. The largest absolute Gasteiger partial charge is 0.493 e. The van der Waals surface area contributed by atoms with Crippen molar-refractivity contribution in [2.24, 2.45) is 5.92 Å². The van der Waals surface area contributed by atoms with Crippen molar-refractivity contribution in [1.29, 1.82) is 0 Å². The highest BCUT2D eigenvalue weighted by molar-refractivity contribution is 5.90. The van der Waals surface area contributed by atoms with Crippen molar-refractivity contribution >= 4 is 5.97 Å². The summed E-state index contributed by atoms with van der Waals surface area (Å²) in [5.41, 5.74) is 0.490. The van der Waals surface area contributed by atoms with Gasteiger partial charge in [-0.3, -0.25) is 0 Å². The molecule has 2 fully saturated rings. The maximum absolute atomic E-state index is 15.0. The average molecular weight is 531 g/mol. The molecule has 0 aromatic heterocycles. The molecule has 0 amide bonds. The number of halogens is 3. The number of aliphatic hydroxyl groups excluding tert-OH is 1. The van der Waals surface area contributed by atoms with Crippen molar-refractivity contribution in [2.75, 3.05) is 6.61 Å². The highest BCUT2D eigenvalue weighted by atomic mass is 19.2. The van der Waals surface area contributed by atoms with Crippen molar-refractivity contribution in [1.82, 2.24) is 0 Å². The minimum absolute atomic E-state index is 0.00967. The van der Waals surface area contributed by atoms with E-state index < -0.39 is 35.4 Å². The molecule has 0 saturated heterocycles. The molecule has 0 heterocycles. The van der Waals surface area contributed by atoms with Crippen LogP contribution in [0.25, 0.3) is 0 Å². The minimum atomic E-state index is -1.17. The Labute approximate surface area is 222 Å². The molecule has 0 bridgehead atoms. The second-order valence-electron chi connectivity index (χ2n) is 10.7. The molecule has 1 N–H and O–H groups in total. The Hall–Kier alpha value is -2.80. The van der Waals surface area contributed by atoms with E-state index in [1.165, 1.54) is 18.2 Å². The predicted octanol–water partition coefficient (Wildman–Crippen LogP) is 7.60. The van der Waals surface area contributed by atoms with Crippen molar-refractivity contribution in [3.8, 4) is 5.75 Å². The first-order valence-electron chi connectivity index (χ1n) is 13.7. The van der Waals surface area contributed by atoms with E-state index in [1.54, 1.807) is 25.1 Å². The molecule has 1 atom stereocenters. The number of hydrogen-bond donors (Lipinski definition) is 1. The first-order chi connectivity index (χ1) is 18.3. The van der Waals surface area contributed by atoms with Gasteiger partial charge >= 0.3 is 5.97 Å². The zero-order valence-corrected chi connectivity index (χ0v) is 21.9. The number of hydrogen-bond acceptors (Lipinski definition) is 4. The van der Waals surface area contributed by atoms with Crippen LogP contribution in [0, 0.1) is 23.4 Å². The van der Waals surface area contributed by atoms with Gasteiger partial charge in [0.15, 0.2) is 11.6 Å². The number of carbonyl (C=O) groups excluding carboxylic acids is 1. The molecule has 2 aromatic rings. The molecule has 2 aliphatic carbocycles. The standard InChI is InChI=1S/C31H37F3O4/c1-3-4-17-37-24-13-14-25(28(32)18-24)21-9-11-23(12-10-21)38-31(36)27-16-15-26(29(33)30(27)34)22-7-5-20(6-8-22)19(2)35/h3,13-16,18-23,35H,1,4-12,17H2,2H3. The van der Waals surface area contributed by atoms with Gasteiger partial charge in [-0.15, -0.1) is 6.58 Å². The molecule has 7 heteroatoms. The predicted molar refractivity (Wildman–Crippen MR) is 140 cm³/mol. The van der Waals surface area contributed by atoms with Crippen molar-refractivity contribution in [2.45, 2.75) is 88.8 Å². The molecule has 206 valence electrons. The van der Waals surface area contributed by atoms with Crippen LogP contribution in [0.3, 0.4) is 0 Å². The van der Waals surface area contributed by atoms with Gasteiger partial charge in [0.2, 0.25) is 0 Å². The zero-order valence-electron chi connectivity index (χ0n) is 21.9. The fourth-order valence-electron chi connectivity index (χ4n) is 5.85. The van der Waals surface area contributed by atoms with Crippen LogP contribution in [0.5, 0.6) is 5.75 Å². The average Bonchev–Trinajstić information content (AvgIpc) is 2.91. The topological polar surface area (TPSA) is 55.8 Å².